The second kappa shape index (κ2) is 8.92. The summed E-state index contributed by atoms with van der Waals surface area (Å²) in [5.41, 5.74) is 0.873. The number of nitrogens with one attached hydrogen (secondary N) is 2. The van der Waals surface area contributed by atoms with Crippen molar-refractivity contribution in [2.24, 2.45) is 0 Å². The number of benzene rings is 2. The van der Waals surface area contributed by atoms with Crippen molar-refractivity contribution < 1.29 is 23.5 Å². The number of anilines is 1. The first-order chi connectivity index (χ1) is 15.0. The number of nitrogens with two attached hydrogens (primary N) is 1. The topological polar surface area (TPSA) is 133 Å². The van der Waals surface area contributed by atoms with E-state index in [1.165, 1.54) is 10.7 Å². The van der Waals surface area contributed by atoms with Gasteiger partial charge in [0.1, 0.15) is 5.82 Å². The molecule has 160 valence electrons. The lowest BCUT2D eigenvalue weighted by molar-refractivity contribution is -0.117. The smallest absolute Gasteiger partial charge is 0.325 e. The monoisotopic (exact) mass is 444 g/mol. The van der Waals surface area contributed by atoms with Gasteiger partial charge in [-0.15, -0.1) is 10.2 Å². The van der Waals surface area contributed by atoms with Crippen LogP contribution >= 0.6 is 11.8 Å². The third-order valence-corrected chi connectivity index (χ3v) is 5.20. The minimum absolute atomic E-state index is 0.120. The van der Waals surface area contributed by atoms with Crippen LogP contribution in [0.5, 0.6) is 11.5 Å². The molecular formula is C19H17FN6O4S. The van der Waals surface area contributed by atoms with Gasteiger partial charge in [-0.2, -0.15) is 0 Å². The number of rotatable bonds is 6. The summed E-state index contributed by atoms with van der Waals surface area (Å²) >= 11 is 0.997. The van der Waals surface area contributed by atoms with E-state index in [0.717, 1.165) is 11.8 Å². The van der Waals surface area contributed by atoms with Gasteiger partial charge in [-0.25, -0.2) is 13.9 Å². The van der Waals surface area contributed by atoms with E-state index in [0.29, 0.717) is 28.6 Å². The summed E-state index contributed by atoms with van der Waals surface area (Å²) in [5.74, 6) is 6.34. The number of carbonyl (C=O) groups excluding carboxylic acids is 2. The number of nitrogen functional groups attached to an aromatic ring is 1. The zero-order valence-corrected chi connectivity index (χ0v) is 16.8. The normalized spacial score (nSPS) is 11.9. The molecule has 0 aliphatic carbocycles. The van der Waals surface area contributed by atoms with Crippen LogP contribution in [0.1, 0.15) is 11.4 Å². The number of imide groups is 1. The van der Waals surface area contributed by atoms with Crippen molar-refractivity contribution in [2.75, 3.05) is 23.7 Å². The van der Waals surface area contributed by atoms with Gasteiger partial charge in [0.25, 0.3) is 0 Å². The van der Waals surface area contributed by atoms with Crippen LogP contribution in [0.4, 0.5) is 14.9 Å². The van der Waals surface area contributed by atoms with Crippen LogP contribution in [0.2, 0.25) is 0 Å². The predicted molar refractivity (Wildman–Crippen MR) is 110 cm³/mol. The standard InChI is InChI=1S/C19H17FN6O4S/c20-13-4-2-1-3-11(13)7-16-24-25-19(26(16)21)31-9-17(27)23-18(28)22-12-5-6-14-15(8-12)30-10-29-14/h1-6,8H,7,9-10,21H2,(H2,22,23,27,28). The van der Waals surface area contributed by atoms with E-state index in [1.54, 1.807) is 36.4 Å². The van der Waals surface area contributed by atoms with Crippen molar-refractivity contribution in [3.63, 3.8) is 0 Å². The minimum atomic E-state index is -0.695. The lowest BCUT2D eigenvalue weighted by Gasteiger charge is -2.07. The first-order valence-electron chi connectivity index (χ1n) is 9.05. The van der Waals surface area contributed by atoms with Crippen LogP contribution in [-0.4, -0.2) is 39.4 Å². The maximum absolute atomic E-state index is 13.8. The molecule has 0 saturated carbocycles. The van der Waals surface area contributed by atoms with Gasteiger partial charge in [0.15, 0.2) is 17.3 Å². The molecular weight excluding hydrogens is 427 g/mol. The average molecular weight is 444 g/mol. The molecule has 0 spiro atoms. The molecule has 0 bridgehead atoms. The molecule has 4 rings (SSSR count). The van der Waals surface area contributed by atoms with E-state index in [2.05, 4.69) is 20.8 Å². The summed E-state index contributed by atoms with van der Waals surface area (Å²) in [6.07, 6.45) is 0.154. The maximum Gasteiger partial charge on any atom is 0.325 e. The zero-order valence-electron chi connectivity index (χ0n) is 16.0. The van der Waals surface area contributed by atoms with E-state index in [4.69, 9.17) is 15.3 Å². The Hall–Kier alpha value is -3.80. The Balaban J connectivity index is 1.28. The number of aromatic nitrogens is 3. The number of urea groups is 1. The molecule has 4 N–H and O–H groups in total. The second-order valence-corrected chi connectivity index (χ2v) is 7.34. The second-order valence-electron chi connectivity index (χ2n) is 6.40. The Kier molecular flexibility index (Phi) is 5.89. The van der Waals surface area contributed by atoms with Gasteiger partial charge in [-0.05, 0) is 23.8 Å². The highest BCUT2D eigenvalue weighted by Gasteiger charge is 2.17. The number of thioether (sulfide) groups is 1. The molecule has 0 radical (unpaired) electrons. The molecule has 0 unspecified atom stereocenters. The van der Waals surface area contributed by atoms with Crippen LogP contribution in [0.3, 0.4) is 0 Å². The molecule has 1 aromatic heterocycles. The number of ether oxygens (including phenoxy) is 2. The Bertz CT molecular complexity index is 1140. The van der Waals surface area contributed by atoms with Gasteiger partial charge < -0.3 is 20.6 Å². The van der Waals surface area contributed by atoms with Gasteiger partial charge in [0.05, 0.1) is 5.75 Å². The van der Waals surface area contributed by atoms with Crippen LogP contribution in [0.25, 0.3) is 0 Å². The molecule has 3 aromatic rings. The number of fused-ring (bicyclic) bond motifs is 1. The summed E-state index contributed by atoms with van der Waals surface area (Å²) in [6.45, 7) is 0.120. The minimum Gasteiger partial charge on any atom is -0.454 e. The number of nitrogens with zero attached hydrogens (tertiary/aromatic N) is 3. The summed E-state index contributed by atoms with van der Waals surface area (Å²) < 4.78 is 25.4. The van der Waals surface area contributed by atoms with Crippen molar-refractivity contribution in [3.05, 3.63) is 59.7 Å². The molecule has 12 heteroatoms. The Morgan fingerprint density at radius 2 is 1.97 bits per heavy atom. The Morgan fingerprint density at radius 3 is 2.81 bits per heavy atom. The summed E-state index contributed by atoms with van der Waals surface area (Å²) in [4.78, 5) is 24.1. The summed E-state index contributed by atoms with van der Waals surface area (Å²) in [5, 5.41) is 12.9. The summed E-state index contributed by atoms with van der Waals surface area (Å²) in [6, 6.07) is 10.5. The van der Waals surface area contributed by atoms with Crippen molar-refractivity contribution >= 4 is 29.4 Å². The number of hydrogen-bond donors (Lipinski definition) is 3. The van der Waals surface area contributed by atoms with Crippen molar-refractivity contribution in [3.8, 4) is 11.5 Å². The molecule has 1 aliphatic rings. The van der Waals surface area contributed by atoms with Gasteiger partial charge >= 0.3 is 6.03 Å². The number of amides is 3. The SMILES string of the molecule is Nn1c(Cc2ccccc2F)nnc1SCC(=O)NC(=O)Nc1ccc2c(c1)OCO2. The van der Waals surface area contributed by atoms with E-state index in [9.17, 15) is 14.0 Å². The quantitative estimate of drug-likeness (QED) is 0.388. The predicted octanol–water partition coefficient (Wildman–Crippen LogP) is 1.89. The maximum atomic E-state index is 13.8. The third-order valence-electron chi connectivity index (χ3n) is 4.26. The lowest BCUT2D eigenvalue weighted by Crippen LogP contribution is -2.35. The molecule has 0 saturated heterocycles. The van der Waals surface area contributed by atoms with Crippen LogP contribution in [0, 0.1) is 5.82 Å². The summed E-state index contributed by atoms with van der Waals surface area (Å²) in [7, 11) is 0. The van der Waals surface area contributed by atoms with E-state index in [-0.39, 0.29) is 29.9 Å². The number of halogens is 1. The van der Waals surface area contributed by atoms with Gasteiger partial charge in [0.2, 0.25) is 17.9 Å². The van der Waals surface area contributed by atoms with E-state index >= 15 is 0 Å². The van der Waals surface area contributed by atoms with Crippen molar-refractivity contribution in [1.82, 2.24) is 20.2 Å². The van der Waals surface area contributed by atoms with Gasteiger partial charge in [-0.3, -0.25) is 10.1 Å². The molecule has 31 heavy (non-hydrogen) atoms. The highest BCUT2D eigenvalue weighted by molar-refractivity contribution is 7.99. The highest BCUT2D eigenvalue weighted by atomic mass is 32.2. The lowest BCUT2D eigenvalue weighted by atomic mass is 10.1. The fourth-order valence-corrected chi connectivity index (χ4v) is 3.44. The Labute approximate surface area is 179 Å². The largest absolute Gasteiger partial charge is 0.454 e. The first-order valence-corrected chi connectivity index (χ1v) is 10.0. The van der Waals surface area contributed by atoms with Gasteiger partial charge in [0, 0.05) is 18.2 Å². The molecule has 0 fully saturated rings. The van der Waals surface area contributed by atoms with Crippen LogP contribution in [0.15, 0.2) is 47.6 Å². The van der Waals surface area contributed by atoms with Gasteiger partial charge in [-0.1, -0.05) is 30.0 Å². The third kappa shape index (κ3) is 4.86. The van der Waals surface area contributed by atoms with E-state index < -0.39 is 11.9 Å². The molecule has 2 heterocycles. The van der Waals surface area contributed by atoms with E-state index in [1.807, 2.05) is 0 Å². The first kappa shape index (κ1) is 20.5. The Morgan fingerprint density at radius 1 is 1.16 bits per heavy atom. The highest BCUT2D eigenvalue weighted by Crippen LogP contribution is 2.34. The molecule has 1 aliphatic heterocycles. The van der Waals surface area contributed by atoms with Crippen molar-refractivity contribution in [2.45, 2.75) is 11.6 Å². The zero-order chi connectivity index (χ0) is 21.8. The molecule has 0 atom stereocenters. The van der Waals surface area contributed by atoms with Crippen LogP contribution in [-0.2, 0) is 11.2 Å². The molecule has 3 amide bonds. The fraction of sp³-hybridized carbons (Fsp3) is 0.158. The average Bonchev–Trinajstić information content (AvgIpc) is 3.34. The number of hydrogen-bond acceptors (Lipinski definition) is 8. The van der Waals surface area contributed by atoms with Crippen LogP contribution < -0.4 is 25.9 Å². The fourth-order valence-electron chi connectivity index (χ4n) is 2.77. The molecule has 10 nitrogen and oxygen atoms in total. The van der Waals surface area contributed by atoms with Crippen molar-refractivity contribution in [1.29, 1.82) is 0 Å². The molecule has 2 aromatic carbocycles. The number of carbonyl (C=O) groups is 2.